The van der Waals surface area contributed by atoms with Gasteiger partial charge in [0.25, 0.3) is 17.7 Å². The number of anilines is 1. The van der Waals surface area contributed by atoms with Crippen molar-refractivity contribution >= 4 is 72.2 Å². The SMILES string of the molecule is CC[C@H](C)C(NC(=O)[C@H]1CCCCN1C)C(=O)N(C)[C@H](C[C@@H](OC(C)=O)c1nc(C(=O)N[C@@H](Cc2ccc(OP(=O)(O)O)c(NC(=O)CCCCN3C(=O)C=CC3=O)c2)CC(C)C(=O)O)cs1)C(C)C. The average molecular weight is 1020 g/mol. The summed E-state index contributed by atoms with van der Waals surface area (Å²) in [5.41, 5.74) is 0.242. The molecule has 1 aromatic carbocycles. The van der Waals surface area contributed by atoms with E-state index < -0.39 is 73.5 Å². The van der Waals surface area contributed by atoms with Crippen LogP contribution in [0.25, 0.3) is 0 Å². The molecule has 23 heteroatoms. The number of carbonyl (C=O) groups is 8. The van der Waals surface area contributed by atoms with Crippen molar-refractivity contribution in [3.63, 3.8) is 0 Å². The number of phosphoric acid groups is 1. The van der Waals surface area contributed by atoms with Gasteiger partial charge in [0, 0.05) is 63.0 Å². The molecule has 2 aliphatic heterocycles. The Bertz CT molecular complexity index is 2280. The fourth-order valence-electron chi connectivity index (χ4n) is 8.45. The Labute approximate surface area is 412 Å². The number of hydrogen-bond acceptors (Lipinski definition) is 14. The second kappa shape index (κ2) is 26.1. The largest absolute Gasteiger partial charge is 0.524 e. The first-order chi connectivity index (χ1) is 32.9. The van der Waals surface area contributed by atoms with Crippen LogP contribution in [0.5, 0.6) is 5.75 Å². The molecule has 2 unspecified atom stereocenters. The summed E-state index contributed by atoms with van der Waals surface area (Å²) in [4.78, 5) is 131. The zero-order valence-electron chi connectivity index (χ0n) is 41.0. The van der Waals surface area contributed by atoms with Crippen molar-refractivity contribution in [3.05, 3.63) is 52.0 Å². The summed E-state index contributed by atoms with van der Waals surface area (Å²) in [6.07, 6.45) is 5.06. The molecule has 2 aliphatic rings. The number of thiazole rings is 1. The van der Waals surface area contributed by atoms with Crippen molar-refractivity contribution in [1.29, 1.82) is 0 Å². The van der Waals surface area contributed by atoms with Gasteiger partial charge in [0.05, 0.1) is 17.6 Å². The topological polar surface area (TPSA) is 291 Å². The van der Waals surface area contributed by atoms with Gasteiger partial charge in [-0.1, -0.05) is 53.5 Å². The lowest BCUT2D eigenvalue weighted by Crippen LogP contribution is -2.58. The quantitative estimate of drug-likeness (QED) is 0.0325. The number of phosphoric ester groups is 1. The third-order valence-electron chi connectivity index (χ3n) is 12.6. The first kappa shape index (κ1) is 57.0. The van der Waals surface area contributed by atoms with Crippen molar-refractivity contribution in [2.24, 2.45) is 17.8 Å². The summed E-state index contributed by atoms with van der Waals surface area (Å²) >= 11 is 1.06. The van der Waals surface area contributed by atoms with E-state index in [0.717, 1.165) is 47.8 Å². The van der Waals surface area contributed by atoms with E-state index in [2.05, 4.69) is 20.9 Å². The lowest BCUT2D eigenvalue weighted by molar-refractivity contribution is -0.149. The number of aromatic nitrogens is 1. The Morgan fingerprint density at radius 2 is 1.69 bits per heavy atom. The molecular weight excluding hydrogens is 950 g/mol. The number of likely N-dealkylation sites (tertiary alicyclic amines) is 1. The van der Waals surface area contributed by atoms with Crippen molar-refractivity contribution in [2.75, 3.05) is 32.5 Å². The van der Waals surface area contributed by atoms with Crippen LogP contribution < -0.4 is 20.5 Å². The lowest BCUT2D eigenvalue weighted by Gasteiger charge is -2.38. The van der Waals surface area contributed by atoms with Crippen LogP contribution in [-0.4, -0.2) is 133 Å². The maximum absolute atomic E-state index is 14.3. The molecule has 21 nitrogen and oxygen atoms in total. The van der Waals surface area contributed by atoms with Crippen LogP contribution in [0, 0.1) is 17.8 Å². The molecule has 70 heavy (non-hydrogen) atoms. The maximum Gasteiger partial charge on any atom is 0.524 e. The van der Waals surface area contributed by atoms with Crippen molar-refractivity contribution < 1.29 is 67.1 Å². The van der Waals surface area contributed by atoms with Crippen LogP contribution in [0.2, 0.25) is 0 Å². The zero-order valence-corrected chi connectivity index (χ0v) is 42.8. The third kappa shape index (κ3) is 16.8. The number of carboxylic acid groups (broad SMARTS) is 1. The Balaban J connectivity index is 1.52. The third-order valence-corrected chi connectivity index (χ3v) is 14.0. The van der Waals surface area contributed by atoms with E-state index in [1.807, 2.05) is 39.6 Å². The fraction of sp³-hybridized carbons (Fsp3) is 0.596. The van der Waals surface area contributed by atoms with E-state index in [0.29, 0.717) is 24.8 Å². The number of imide groups is 1. The summed E-state index contributed by atoms with van der Waals surface area (Å²) in [5.74, 6) is -6.05. The molecule has 3 heterocycles. The van der Waals surface area contributed by atoms with Crippen LogP contribution in [0.15, 0.2) is 35.7 Å². The Kier molecular flexibility index (Phi) is 21.2. The number of amides is 6. The van der Waals surface area contributed by atoms with E-state index in [-0.39, 0.29) is 90.5 Å². The van der Waals surface area contributed by atoms with E-state index in [1.54, 1.807) is 11.9 Å². The molecule has 2 aromatic rings. The van der Waals surface area contributed by atoms with Crippen molar-refractivity contribution in [2.45, 2.75) is 136 Å². The van der Waals surface area contributed by atoms with Gasteiger partial charge in [-0.05, 0) is 81.6 Å². The number of aliphatic carboxylic acids is 1. The predicted molar refractivity (Wildman–Crippen MR) is 258 cm³/mol. The van der Waals surface area contributed by atoms with E-state index >= 15 is 0 Å². The smallest absolute Gasteiger partial charge is 0.481 e. The fourth-order valence-corrected chi connectivity index (χ4v) is 9.71. The Hall–Kier alpha value is -5.54. The van der Waals surface area contributed by atoms with E-state index in [9.17, 15) is 57.8 Å². The number of carbonyl (C=O) groups excluding carboxylic acids is 7. The molecule has 4 rings (SSSR count). The van der Waals surface area contributed by atoms with Gasteiger partial charge >= 0.3 is 19.8 Å². The molecule has 1 saturated heterocycles. The summed E-state index contributed by atoms with van der Waals surface area (Å²) in [5, 5.41) is 20.0. The number of hydrogen-bond donors (Lipinski definition) is 6. The van der Waals surface area contributed by atoms with Crippen molar-refractivity contribution in [1.82, 2.24) is 30.3 Å². The molecule has 0 radical (unpaired) electrons. The van der Waals surface area contributed by atoms with Gasteiger partial charge in [0.15, 0.2) is 11.9 Å². The minimum Gasteiger partial charge on any atom is -0.481 e. The van der Waals surface area contributed by atoms with Crippen LogP contribution in [0.3, 0.4) is 0 Å². The summed E-state index contributed by atoms with van der Waals surface area (Å²) < 4.78 is 22.5. The van der Waals surface area contributed by atoms with Crippen molar-refractivity contribution in [3.8, 4) is 5.75 Å². The number of likely N-dealkylation sites (N-methyl/N-ethyl adjacent to an activating group) is 2. The van der Waals surface area contributed by atoms with Crippen LogP contribution in [-0.2, 0) is 49.3 Å². The molecule has 7 atom stereocenters. The number of benzene rings is 1. The molecule has 0 aliphatic carbocycles. The molecule has 1 fully saturated rings. The van der Waals surface area contributed by atoms with Gasteiger partial charge in [-0.15, -0.1) is 11.3 Å². The minimum absolute atomic E-state index is 0.0205. The number of nitrogens with zero attached hydrogens (tertiary/aromatic N) is 4. The predicted octanol–water partition coefficient (Wildman–Crippen LogP) is 4.59. The van der Waals surface area contributed by atoms with Gasteiger partial charge in [-0.2, -0.15) is 0 Å². The number of piperidine rings is 1. The average Bonchev–Trinajstić information content (AvgIpc) is 3.91. The minimum atomic E-state index is -5.10. The molecule has 0 saturated carbocycles. The van der Waals surface area contributed by atoms with Crippen LogP contribution in [0.4, 0.5) is 5.69 Å². The van der Waals surface area contributed by atoms with Gasteiger partial charge < -0.3 is 35.2 Å². The van der Waals surface area contributed by atoms with Gasteiger partial charge in [0.1, 0.15) is 16.7 Å². The molecule has 6 N–H and O–H groups in total. The second-order valence-corrected chi connectivity index (χ2v) is 20.5. The first-order valence-corrected chi connectivity index (χ1v) is 25.9. The maximum atomic E-state index is 14.3. The normalized spacial score (nSPS) is 17.8. The lowest BCUT2D eigenvalue weighted by atomic mass is 9.92. The molecule has 0 bridgehead atoms. The van der Waals surface area contributed by atoms with Crippen LogP contribution >= 0.6 is 19.2 Å². The zero-order chi connectivity index (χ0) is 52.0. The number of rotatable bonds is 26. The van der Waals surface area contributed by atoms with Gasteiger partial charge in [-0.3, -0.25) is 57.9 Å². The Morgan fingerprint density at radius 1 is 1.00 bits per heavy atom. The van der Waals surface area contributed by atoms with Crippen LogP contribution in [0.1, 0.15) is 126 Å². The summed E-state index contributed by atoms with van der Waals surface area (Å²) in [6.45, 7) is 11.3. The highest BCUT2D eigenvalue weighted by Crippen LogP contribution is 2.41. The highest BCUT2D eigenvalue weighted by molar-refractivity contribution is 7.46. The van der Waals surface area contributed by atoms with E-state index in [1.165, 1.54) is 37.4 Å². The number of ether oxygens (including phenoxy) is 1. The van der Waals surface area contributed by atoms with Gasteiger partial charge in [0.2, 0.25) is 17.7 Å². The highest BCUT2D eigenvalue weighted by atomic mass is 32.1. The summed E-state index contributed by atoms with van der Waals surface area (Å²) in [7, 11) is -1.54. The molecule has 6 amide bonds. The molecule has 1 aromatic heterocycles. The number of esters is 1. The van der Waals surface area contributed by atoms with Gasteiger partial charge in [-0.25, -0.2) is 9.55 Å². The monoisotopic (exact) mass is 1020 g/mol. The second-order valence-electron chi connectivity index (χ2n) is 18.5. The standard InChI is InChI=1S/C47H68N7O14PS/c1-9-28(4)42(51-44(60)35-14-10-12-20-52(35)7)46(61)53(8)36(27(2)3)25-38(67-30(6)55)45-50-34(26-70-45)43(59)48-32(22-29(5)47(62)63)23-31-16-17-37(68-69(64,65)66)33(24-31)49-39(56)15-11-13-21-54-40(57)18-19-41(54)58/h16-19,24,26-29,32,35-36,38,42H,9-15,20-23,25H2,1-8H3,(H,48,59)(H,49,56)(H,51,60)(H,62,63)(H2,64,65,66)/t28-,29?,32+,35+,36+,38+,42?/m0/s1. The number of unbranched alkanes of at least 4 members (excludes halogenated alkanes) is 1. The number of nitrogens with one attached hydrogen (secondary N) is 3. The van der Waals surface area contributed by atoms with E-state index in [4.69, 9.17) is 9.26 Å². The summed E-state index contributed by atoms with van der Waals surface area (Å²) in [6, 6.07) is 1.52. The molecule has 0 spiro atoms. The Morgan fingerprint density at radius 3 is 2.29 bits per heavy atom. The first-order valence-electron chi connectivity index (χ1n) is 23.5. The highest BCUT2D eigenvalue weighted by Gasteiger charge is 2.38. The molecular formula is C47H68N7O14PS. The number of carboxylic acids is 1. The molecule has 386 valence electrons.